The molecule has 1 saturated heterocycles. The highest BCUT2D eigenvalue weighted by Gasteiger charge is 2.19. The molecule has 16 heavy (non-hydrogen) atoms. The minimum atomic E-state index is 0.0210. The van der Waals surface area contributed by atoms with Crippen molar-refractivity contribution in [3.05, 3.63) is 21.9 Å². The average Bonchev–Trinajstić information content (AvgIpc) is 2.73. The lowest BCUT2D eigenvalue weighted by Gasteiger charge is -2.22. The molecule has 0 spiro atoms. The van der Waals surface area contributed by atoms with Crippen LogP contribution in [0.1, 0.15) is 30.4 Å². The Balaban J connectivity index is 1.81. The molecule has 1 aliphatic rings. The fourth-order valence-electron chi connectivity index (χ4n) is 1.95. The van der Waals surface area contributed by atoms with Crippen LogP contribution >= 0.6 is 11.3 Å². The van der Waals surface area contributed by atoms with Gasteiger partial charge in [-0.3, -0.25) is 4.79 Å². The zero-order valence-corrected chi connectivity index (χ0v) is 10.4. The summed E-state index contributed by atoms with van der Waals surface area (Å²) < 4.78 is 0. The molecule has 0 saturated carbocycles. The van der Waals surface area contributed by atoms with Crippen molar-refractivity contribution in [3.8, 4) is 0 Å². The largest absolute Gasteiger partial charge is 0.351 e. The van der Waals surface area contributed by atoms with Crippen molar-refractivity contribution in [2.45, 2.75) is 38.8 Å². The molecule has 0 unspecified atom stereocenters. The number of hydrogen-bond acceptors (Lipinski definition) is 3. The molecule has 2 heterocycles. The number of piperidine rings is 1. The smallest absolute Gasteiger partial charge is 0.237 e. The van der Waals surface area contributed by atoms with E-state index in [1.54, 1.807) is 11.3 Å². The molecule has 1 amide bonds. The van der Waals surface area contributed by atoms with Crippen molar-refractivity contribution in [1.29, 1.82) is 0 Å². The lowest BCUT2D eigenvalue weighted by atomic mass is 10.0. The Labute approximate surface area is 100 Å². The van der Waals surface area contributed by atoms with Gasteiger partial charge in [0.05, 0.1) is 6.04 Å². The Kier molecular flexibility index (Phi) is 3.96. The van der Waals surface area contributed by atoms with E-state index in [0.29, 0.717) is 6.54 Å². The standard InChI is InChI=1S/C12H18N2OS/c1-9-7-16-8-10(9)6-14-12(15)11-4-2-3-5-13-11/h7-8,11,13H,2-6H2,1H3,(H,14,15)/t11-/m0/s1. The van der Waals surface area contributed by atoms with Gasteiger partial charge in [-0.15, -0.1) is 0 Å². The van der Waals surface area contributed by atoms with Crippen LogP contribution in [-0.2, 0) is 11.3 Å². The van der Waals surface area contributed by atoms with Gasteiger partial charge in [-0.1, -0.05) is 6.42 Å². The van der Waals surface area contributed by atoms with Crippen LogP contribution in [0.4, 0.5) is 0 Å². The quantitative estimate of drug-likeness (QED) is 0.843. The third-order valence-electron chi connectivity index (χ3n) is 3.04. The fourth-order valence-corrected chi connectivity index (χ4v) is 2.81. The molecule has 3 nitrogen and oxygen atoms in total. The first-order chi connectivity index (χ1) is 7.77. The van der Waals surface area contributed by atoms with Crippen molar-refractivity contribution in [3.63, 3.8) is 0 Å². The highest BCUT2D eigenvalue weighted by molar-refractivity contribution is 7.08. The Morgan fingerprint density at radius 2 is 2.44 bits per heavy atom. The molecule has 1 aromatic heterocycles. The van der Waals surface area contributed by atoms with Crippen LogP contribution in [0.5, 0.6) is 0 Å². The van der Waals surface area contributed by atoms with Crippen molar-refractivity contribution in [1.82, 2.24) is 10.6 Å². The van der Waals surface area contributed by atoms with Gasteiger partial charge >= 0.3 is 0 Å². The third-order valence-corrected chi connectivity index (χ3v) is 3.95. The summed E-state index contributed by atoms with van der Waals surface area (Å²) in [6.45, 7) is 3.71. The van der Waals surface area contributed by atoms with Crippen LogP contribution in [0.15, 0.2) is 10.8 Å². The first-order valence-corrected chi connectivity index (χ1v) is 6.74. The minimum Gasteiger partial charge on any atom is -0.351 e. The zero-order valence-electron chi connectivity index (χ0n) is 9.58. The first kappa shape index (κ1) is 11.6. The van der Waals surface area contributed by atoms with Gasteiger partial charge in [-0.25, -0.2) is 0 Å². The summed E-state index contributed by atoms with van der Waals surface area (Å²) >= 11 is 1.69. The molecule has 0 aromatic carbocycles. The molecule has 1 fully saturated rings. The second kappa shape index (κ2) is 5.46. The monoisotopic (exact) mass is 238 g/mol. The van der Waals surface area contributed by atoms with E-state index in [4.69, 9.17) is 0 Å². The molecule has 2 rings (SSSR count). The summed E-state index contributed by atoms with van der Waals surface area (Å²) in [5.41, 5.74) is 2.50. The number of aryl methyl sites for hydroxylation is 1. The van der Waals surface area contributed by atoms with Crippen molar-refractivity contribution in [2.24, 2.45) is 0 Å². The summed E-state index contributed by atoms with van der Waals surface area (Å²) in [5, 5.41) is 10.5. The lowest BCUT2D eigenvalue weighted by Crippen LogP contribution is -2.46. The van der Waals surface area contributed by atoms with E-state index in [1.165, 1.54) is 17.5 Å². The highest BCUT2D eigenvalue weighted by Crippen LogP contribution is 2.13. The van der Waals surface area contributed by atoms with Gasteiger partial charge in [0.1, 0.15) is 0 Å². The van der Waals surface area contributed by atoms with E-state index in [0.717, 1.165) is 19.4 Å². The SMILES string of the molecule is Cc1cscc1CNC(=O)[C@@H]1CCCCN1. The average molecular weight is 238 g/mol. The van der Waals surface area contributed by atoms with E-state index in [2.05, 4.69) is 28.3 Å². The molecule has 0 radical (unpaired) electrons. The van der Waals surface area contributed by atoms with Crippen LogP contribution in [0, 0.1) is 6.92 Å². The summed E-state index contributed by atoms with van der Waals surface area (Å²) in [4.78, 5) is 11.8. The maximum absolute atomic E-state index is 11.8. The number of nitrogens with one attached hydrogen (secondary N) is 2. The van der Waals surface area contributed by atoms with Gasteiger partial charge in [0.25, 0.3) is 0 Å². The number of thiophene rings is 1. The van der Waals surface area contributed by atoms with Crippen molar-refractivity contribution < 1.29 is 4.79 Å². The van der Waals surface area contributed by atoms with Gasteiger partial charge in [-0.05, 0) is 48.2 Å². The number of amides is 1. The number of hydrogen-bond donors (Lipinski definition) is 2. The fraction of sp³-hybridized carbons (Fsp3) is 0.583. The zero-order chi connectivity index (χ0) is 11.4. The number of rotatable bonds is 3. The van der Waals surface area contributed by atoms with E-state index in [9.17, 15) is 4.79 Å². The molecular weight excluding hydrogens is 220 g/mol. The van der Waals surface area contributed by atoms with Crippen LogP contribution in [0.25, 0.3) is 0 Å². The van der Waals surface area contributed by atoms with Crippen molar-refractivity contribution >= 4 is 17.2 Å². The molecule has 0 aliphatic carbocycles. The molecule has 2 N–H and O–H groups in total. The van der Waals surface area contributed by atoms with Gasteiger partial charge in [0, 0.05) is 6.54 Å². The molecule has 88 valence electrons. The molecule has 4 heteroatoms. The van der Waals surface area contributed by atoms with Crippen LogP contribution in [0.2, 0.25) is 0 Å². The number of carbonyl (C=O) groups excluding carboxylic acids is 1. The van der Waals surface area contributed by atoms with E-state index >= 15 is 0 Å². The van der Waals surface area contributed by atoms with Crippen LogP contribution < -0.4 is 10.6 Å². The lowest BCUT2D eigenvalue weighted by molar-refractivity contribution is -0.123. The molecule has 0 bridgehead atoms. The maximum atomic E-state index is 11.8. The Morgan fingerprint density at radius 1 is 1.56 bits per heavy atom. The molecule has 1 aliphatic heterocycles. The summed E-state index contributed by atoms with van der Waals surface area (Å²) in [7, 11) is 0. The summed E-state index contributed by atoms with van der Waals surface area (Å²) in [6, 6.07) is 0.0210. The minimum absolute atomic E-state index is 0.0210. The number of carbonyl (C=O) groups is 1. The summed E-state index contributed by atoms with van der Waals surface area (Å²) in [6.07, 6.45) is 3.31. The second-order valence-corrected chi connectivity index (χ2v) is 5.04. The predicted octanol–water partition coefficient (Wildman–Crippen LogP) is 1.81. The van der Waals surface area contributed by atoms with Gasteiger partial charge in [-0.2, -0.15) is 11.3 Å². The molecule has 1 atom stereocenters. The Hall–Kier alpha value is -0.870. The maximum Gasteiger partial charge on any atom is 0.237 e. The second-order valence-electron chi connectivity index (χ2n) is 4.30. The molecule has 1 aromatic rings. The predicted molar refractivity (Wildman–Crippen MR) is 66.5 cm³/mol. The van der Waals surface area contributed by atoms with Gasteiger partial charge in [0.2, 0.25) is 5.91 Å². The topological polar surface area (TPSA) is 41.1 Å². The van der Waals surface area contributed by atoms with E-state index in [-0.39, 0.29) is 11.9 Å². The normalized spacial score (nSPS) is 20.7. The van der Waals surface area contributed by atoms with E-state index in [1.807, 2.05) is 0 Å². The Morgan fingerprint density at radius 3 is 3.06 bits per heavy atom. The third kappa shape index (κ3) is 2.83. The first-order valence-electron chi connectivity index (χ1n) is 5.80. The van der Waals surface area contributed by atoms with Gasteiger partial charge in [0.15, 0.2) is 0 Å². The van der Waals surface area contributed by atoms with Gasteiger partial charge < -0.3 is 10.6 Å². The van der Waals surface area contributed by atoms with Crippen molar-refractivity contribution in [2.75, 3.05) is 6.54 Å². The van der Waals surface area contributed by atoms with Crippen LogP contribution in [0.3, 0.4) is 0 Å². The highest BCUT2D eigenvalue weighted by atomic mass is 32.1. The molecular formula is C12H18N2OS. The van der Waals surface area contributed by atoms with Crippen LogP contribution in [-0.4, -0.2) is 18.5 Å². The summed E-state index contributed by atoms with van der Waals surface area (Å²) in [5.74, 6) is 0.144. The Bertz CT molecular complexity index is 356. The van der Waals surface area contributed by atoms with E-state index < -0.39 is 0 Å².